The summed E-state index contributed by atoms with van der Waals surface area (Å²) in [5.41, 5.74) is 0. The van der Waals surface area contributed by atoms with Crippen molar-refractivity contribution in [3.63, 3.8) is 0 Å². The lowest BCUT2D eigenvalue weighted by atomic mass is 9.78. The van der Waals surface area contributed by atoms with Crippen molar-refractivity contribution in [1.29, 1.82) is 0 Å². The van der Waals surface area contributed by atoms with Crippen LogP contribution in [-0.2, 0) is 0 Å². The summed E-state index contributed by atoms with van der Waals surface area (Å²) in [5, 5.41) is 0. The first kappa shape index (κ1) is 12.9. The van der Waals surface area contributed by atoms with Gasteiger partial charge in [0.05, 0.1) is 0 Å². The Bertz CT molecular complexity index is 264. The molecule has 3 aliphatic rings. The largest absolute Gasteiger partial charge is 0.306 e. The van der Waals surface area contributed by atoms with Crippen LogP contribution in [0.4, 0.5) is 0 Å². The molecule has 1 aliphatic carbocycles. The number of rotatable bonds is 2. The van der Waals surface area contributed by atoms with E-state index >= 15 is 0 Å². The molecule has 18 heavy (non-hydrogen) atoms. The summed E-state index contributed by atoms with van der Waals surface area (Å²) in [6.45, 7) is 5.45. The maximum atomic E-state index is 2.89. The second-order valence-electron chi connectivity index (χ2n) is 7.02. The molecule has 0 aromatic carbocycles. The molecule has 0 N–H and O–H groups in total. The molecule has 2 heteroatoms. The fraction of sp³-hybridized carbons (Fsp3) is 1.00. The lowest BCUT2D eigenvalue weighted by Gasteiger charge is -2.46. The Morgan fingerprint density at radius 2 is 1.67 bits per heavy atom. The van der Waals surface area contributed by atoms with Crippen molar-refractivity contribution >= 4 is 0 Å². The monoisotopic (exact) mass is 250 g/mol. The highest BCUT2D eigenvalue weighted by atomic mass is 15.2. The number of likely N-dealkylation sites (tertiary alicyclic amines) is 2. The van der Waals surface area contributed by atoms with E-state index < -0.39 is 0 Å². The molecule has 104 valence electrons. The third-order valence-electron chi connectivity index (χ3n) is 5.57. The third kappa shape index (κ3) is 2.91. The third-order valence-corrected chi connectivity index (χ3v) is 5.57. The topological polar surface area (TPSA) is 6.48 Å². The first-order chi connectivity index (χ1) is 8.83. The summed E-state index contributed by atoms with van der Waals surface area (Å²) in [7, 11) is 2.30. The van der Waals surface area contributed by atoms with Gasteiger partial charge >= 0.3 is 0 Å². The first-order valence-electron chi connectivity index (χ1n) is 8.25. The summed E-state index contributed by atoms with van der Waals surface area (Å²) >= 11 is 0. The van der Waals surface area contributed by atoms with Crippen LogP contribution < -0.4 is 0 Å². The molecule has 2 heterocycles. The van der Waals surface area contributed by atoms with Crippen molar-refractivity contribution in [2.45, 2.75) is 57.4 Å². The highest BCUT2D eigenvalue weighted by Crippen LogP contribution is 2.36. The standard InChI is InChI=1S/C16H30N2/c1-17-10-4-6-14(12-17)13-18-11-5-8-15-7-2-3-9-16(15)18/h14-16H,2-13H2,1H3. The van der Waals surface area contributed by atoms with Crippen LogP contribution in [0.25, 0.3) is 0 Å². The zero-order valence-electron chi connectivity index (χ0n) is 12.1. The van der Waals surface area contributed by atoms with E-state index in [1.807, 2.05) is 0 Å². The lowest BCUT2D eigenvalue weighted by Crippen LogP contribution is -2.50. The Balaban J connectivity index is 1.57. The van der Waals surface area contributed by atoms with Gasteiger partial charge in [0.25, 0.3) is 0 Å². The molecule has 0 bridgehead atoms. The second-order valence-corrected chi connectivity index (χ2v) is 7.02. The maximum Gasteiger partial charge on any atom is 0.0124 e. The molecular formula is C16H30N2. The molecule has 3 atom stereocenters. The average molecular weight is 250 g/mol. The quantitative estimate of drug-likeness (QED) is 0.743. The highest BCUT2D eigenvalue weighted by Gasteiger charge is 2.34. The van der Waals surface area contributed by atoms with Gasteiger partial charge < -0.3 is 4.90 Å². The van der Waals surface area contributed by atoms with Crippen LogP contribution in [0.1, 0.15) is 51.4 Å². The van der Waals surface area contributed by atoms with Crippen molar-refractivity contribution in [3.8, 4) is 0 Å². The molecule has 0 radical (unpaired) electrons. The SMILES string of the molecule is CN1CCCC(CN2CCCC3CCCCC32)C1. The summed E-state index contributed by atoms with van der Waals surface area (Å²) in [4.78, 5) is 5.42. The Morgan fingerprint density at radius 1 is 0.889 bits per heavy atom. The Hall–Kier alpha value is -0.0800. The fourth-order valence-corrected chi connectivity index (χ4v) is 4.71. The van der Waals surface area contributed by atoms with E-state index in [0.29, 0.717) is 0 Å². The zero-order chi connectivity index (χ0) is 12.4. The number of nitrogens with zero attached hydrogens (tertiary/aromatic N) is 2. The van der Waals surface area contributed by atoms with Gasteiger partial charge in [-0.1, -0.05) is 12.8 Å². The van der Waals surface area contributed by atoms with E-state index in [4.69, 9.17) is 0 Å². The van der Waals surface area contributed by atoms with Gasteiger partial charge in [-0.2, -0.15) is 0 Å². The van der Waals surface area contributed by atoms with Gasteiger partial charge in [0.2, 0.25) is 0 Å². The van der Waals surface area contributed by atoms with Crippen molar-refractivity contribution in [1.82, 2.24) is 9.80 Å². The minimum atomic E-state index is 0.949. The van der Waals surface area contributed by atoms with E-state index in [-0.39, 0.29) is 0 Å². The van der Waals surface area contributed by atoms with Crippen LogP contribution >= 0.6 is 0 Å². The van der Waals surface area contributed by atoms with Gasteiger partial charge in [0, 0.05) is 19.1 Å². The van der Waals surface area contributed by atoms with E-state index in [2.05, 4.69) is 16.8 Å². The lowest BCUT2D eigenvalue weighted by molar-refractivity contribution is 0.0366. The van der Waals surface area contributed by atoms with Gasteiger partial charge in [-0.15, -0.1) is 0 Å². The second kappa shape index (κ2) is 5.92. The molecule has 3 unspecified atom stereocenters. The number of hydrogen-bond acceptors (Lipinski definition) is 2. The van der Waals surface area contributed by atoms with E-state index in [1.54, 1.807) is 0 Å². The molecule has 0 aromatic heterocycles. The highest BCUT2D eigenvalue weighted by molar-refractivity contribution is 4.88. The van der Waals surface area contributed by atoms with Crippen LogP contribution in [0.3, 0.4) is 0 Å². The Labute approximate surface area is 113 Å². The van der Waals surface area contributed by atoms with Crippen LogP contribution in [-0.4, -0.2) is 49.1 Å². The fourth-order valence-electron chi connectivity index (χ4n) is 4.71. The summed E-state index contributed by atoms with van der Waals surface area (Å²) < 4.78 is 0. The zero-order valence-corrected chi connectivity index (χ0v) is 12.1. The average Bonchev–Trinajstić information content (AvgIpc) is 2.39. The van der Waals surface area contributed by atoms with Crippen molar-refractivity contribution in [3.05, 3.63) is 0 Å². The minimum Gasteiger partial charge on any atom is -0.306 e. The molecule has 0 spiro atoms. The molecule has 3 rings (SSSR count). The van der Waals surface area contributed by atoms with E-state index in [0.717, 1.165) is 17.9 Å². The smallest absolute Gasteiger partial charge is 0.0124 e. The molecule has 0 aromatic rings. The number of fused-ring (bicyclic) bond motifs is 1. The summed E-state index contributed by atoms with van der Waals surface area (Å²) in [6, 6.07) is 0.958. The van der Waals surface area contributed by atoms with E-state index in [1.165, 1.54) is 77.5 Å². The van der Waals surface area contributed by atoms with Gasteiger partial charge in [0.1, 0.15) is 0 Å². The summed E-state index contributed by atoms with van der Waals surface area (Å²) in [5.74, 6) is 2.00. The molecule has 2 nitrogen and oxygen atoms in total. The van der Waals surface area contributed by atoms with Gasteiger partial charge in [-0.25, -0.2) is 0 Å². The van der Waals surface area contributed by atoms with Crippen LogP contribution in [0, 0.1) is 11.8 Å². The van der Waals surface area contributed by atoms with Gasteiger partial charge in [-0.05, 0) is 70.5 Å². The molecule has 0 amide bonds. The molecule has 2 aliphatic heterocycles. The molecule has 3 fully saturated rings. The summed E-state index contributed by atoms with van der Waals surface area (Å²) in [6.07, 6.45) is 11.9. The van der Waals surface area contributed by atoms with Crippen LogP contribution in [0.2, 0.25) is 0 Å². The van der Waals surface area contributed by atoms with Crippen LogP contribution in [0.5, 0.6) is 0 Å². The number of hydrogen-bond donors (Lipinski definition) is 0. The van der Waals surface area contributed by atoms with Gasteiger partial charge in [0.15, 0.2) is 0 Å². The van der Waals surface area contributed by atoms with Crippen molar-refractivity contribution < 1.29 is 0 Å². The first-order valence-corrected chi connectivity index (χ1v) is 8.25. The predicted octanol–water partition coefficient (Wildman–Crippen LogP) is 2.98. The van der Waals surface area contributed by atoms with Crippen molar-refractivity contribution in [2.75, 3.05) is 33.2 Å². The maximum absolute atomic E-state index is 2.89. The molecule has 1 saturated carbocycles. The van der Waals surface area contributed by atoms with Crippen LogP contribution in [0.15, 0.2) is 0 Å². The van der Waals surface area contributed by atoms with Gasteiger partial charge in [-0.3, -0.25) is 4.90 Å². The Kier molecular flexibility index (Phi) is 4.25. The van der Waals surface area contributed by atoms with Crippen molar-refractivity contribution in [2.24, 2.45) is 11.8 Å². The molecular weight excluding hydrogens is 220 g/mol. The minimum absolute atomic E-state index is 0.949. The predicted molar refractivity (Wildman–Crippen MR) is 76.8 cm³/mol. The van der Waals surface area contributed by atoms with E-state index in [9.17, 15) is 0 Å². The molecule has 2 saturated heterocycles. The normalized spacial score (nSPS) is 39.5. The number of piperidine rings is 2. The Morgan fingerprint density at radius 3 is 2.56 bits per heavy atom.